The number of hydrogen-bond acceptors (Lipinski definition) is 7. The second-order valence-electron chi connectivity index (χ2n) is 5.31. The molecule has 0 aliphatic carbocycles. The monoisotopic (exact) mass is 312 g/mol. The summed E-state index contributed by atoms with van der Waals surface area (Å²) in [6, 6.07) is 0. The molecule has 0 radical (unpaired) electrons. The van der Waals surface area contributed by atoms with Crippen LogP contribution in [0.3, 0.4) is 0 Å². The van der Waals surface area contributed by atoms with Crippen LogP contribution in [0.1, 0.15) is 12.8 Å². The summed E-state index contributed by atoms with van der Waals surface area (Å²) in [6.07, 6.45) is -3.66. The number of aliphatic hydroxyl groups is 7. The molecule has 0 amide bonds. The van der Waals surface area contributed by atoms with Crippen molar-refractivity contribution in [3.8, 4) is 0 Å². The fraction of sp³-hybridized carbons (Fsp3) is 1.00. The van der Waals surface area contributed by atoms with Crippen molar-refractivity contribution in [1.29, 1.82) is 0 Å². The second-order valence-corrected chi connectivity index (χ2v) is 7.88. The van der Waals surface area contributed by atoms with Crippen LogP contribution < -0.4 is 0 Å². The molecule has 7 N–H and O–H groups in total. The van der Waals surface area contributed by atoms with Gasteiger partial charge in [0.1, 0.15) is 6.10 Å². The van der Waals surface area contributed by atoms with E-state index in [2.05, 4.69) is 0 Å². The maximum Gasteiger partial charge on any atom is 0.103 e. The van der Waals surface area contributed by atoms with Gasteiger partial charge in [-0.05, 0) is 25.2 Å². The molecule has 120 valence electrons. The first kappa shape index (κ1) is 18.2. The minimum absolute atomic E-state index is 0.154. The van der Waals surface area contributed by atoms with E-state index in [0.717, 1.165) is 0 Å². The van der Waals surface area contributed by atoms with Gasteiger partial charge in [-0.3, -0.25) is 0 Å². The molecule has 0 aromatic rings. The van der Waals surface area contributed by atoms with Gasteiger partial charge in [0.15, 0.2) is 0 Å². The smallest absolute Gasteiger partial charge is 0.103 e. The summed E-state index contributed by atoms with van der Waals surface area (Å²) >= 11 is 0. The van der Waals surface area contributed by atoms with Gasteiger partial charge < -0.3 is 35.7 Å². The Bertz CT molecular complexity index is 281. The van der Waals surface area contributed by atoms with E-state index in [-0.39, 0.29) is 25.1 Å². The third-order valence-corrected chi connectivity index (χ3v) is 6.88. The van der Waals surface area contributed by atoms with Crippen molar-refractivity contribution in [3.63, 3.8) is 0 Å². The minimum Gasteiger partial charge on any atom is -0.396 e. The molecule has 7 unspecified atom stereocenters. The normalized spacial score (nSPS) is 35.0. The van der Waals surface area contributed by atoms with Gasteiger partial charge >= 0.3 is 0 Å². The summed E-state index contributed by atoms with van der Waals surface area (Å²) < 4.78 is 0. The lowest BCUT2D eigenvalue weighted by Crippen LogP contribution is -2.32. The highest BCUT2D eigenvalue weighted by molar-refractivity contribution is 7.59. The maximum atomic E-state index is 9.91. The summed E-state index contributed by atoms with van der Waals surface area (Å²) in [6.45, 7) is -0.753. The first-order valence-electron chi connectivity index (χ1n) is 6.76. The molecule has 1 aliphatic heterocycles. The lowest BCUT2D eigenvalue weighted by Gasteiger charge is -2.23. The van der Waals surface area contributed by atoms with Crippen LogP contribution in [-0.4, -0.2) is 97.5 Å². The molecule has 1 saturated heterocycles. The first-order chi connectivity index (χ1) is 9.40. The zero-order valence-corrected chi connectivity index (χ0v) is 12.2. The molecule has 1 fully saturated rings. The van der Waals surface area contributed by atoms with Crippen LogP contribution in [0.25, 0.3) is 0 Å². The molecule has 0 aromatic carbocycles. The van der Waals surface area contributed by atoms with E-state index in [1.165, 1.54) is 0 Å². The predicted octanol–water partition coefficient (Wildman–Crippen LogP) is -2.58. The zero-order valence-electron chi connectivity index (χ0n) is 11.3. The van der Waals surface area contributed by atoms with Gasteiger partial charge in [-0.2, -0.15) is 0 Å². The predicted molar refractivity (Wildman–Crippen MR) is 73.9 cm³/mol. The Morgan fingerprint density at radius 3 is 2.20 bits per heavy atom. The van der Waals surface area contributed by atoms with Crippen LogP contribution in [0.4, 0.5) is 0 Å². The molecule has 0 aromatic heterocycles. The van der Waals surface area contributed by atoms with Crippen LogP contribution in [0.5, 0.6) is 0 Å². The van der Waals surface area contributed by atoms with Crippen molar-refractivity contribution in [2.45, 2.75) is 49.0 Å². The quantitative estimate of drug-likeness (QED) is 0.244. The van der Waals surface area contributed by atoms with Crippen LogP contribution in [0.2, 0.25) is 0 Å². The summed E-state index contributed by atoms with van der Waals surface area (Å²) in [5.74, 6) is 0. The first-order valence-corrected chi connectivity index (χ1v) is 8.54. The topological polar surface area (TPSA) is 142 Å². The molecule has 7 atom stereocenters. The number of hydrogen-bond donors (Lipinski definition) is 7. The minimum atomic E-state index is -1.21. The van der Waals surface area contributed by atoms with Crippen LogP contribution in [0.15, 0.2) is 0 Å². The van der Waals surface area contributed by atoms with E-state index in [0.29, 0.717) is 12.3 Å². The Labute approximate surface area is 119 Å². The Morgan fingerprint density at radius 2 is 1.65 bits per heavy atom. The van der Waals surface area contributed by atoms with Gasteiger partial charge in [-0.25, -0.2) is 0 Å². The van der Waals surface area contributed by atoms with Gasteiger partial charge in [0.25, 0.3) is 0 Å². The van der Waals surface area contributed by atoms with E-state index in [1.807, 2.05) is 0 Å². The molecule has 0 bridgehead atoms. The third-order valence-electron chi connectivity index (χ3n) is 3.74. The fourth-order valence-electron chi connectivity index (χ4n) is 2.43. The molecule has 0 saturated carbocycles. The van der Waals surface area contributed by atoms with Crippen molar-refractivity contribution in [2.24, 2.45) is 0 Å². The molecule has 1 aliphatic rings. The highest BCUT2D eigenvalue weighted by Crippen LogP contribution is 2.50. The molecular formula is C12H25O7P. The summed E-state index contributed by atoms with van der Waals surface area (Å²) in [5.41, 5.74) is -0.386. The standard InChI is InChI=1S/C12H25O7P/c13-3-9(17)8(16)2-1-7(15)5-20-6-10(18)12(19)11(20)4-14/h7-19H,1-6H2. The third kappa shape index (κ3) is 4.86. The number of aliphatic hydroxyl groups excluding tert-OH is 7. The Morgan fingerprint density at radius 1 is 1.00 bits per heavy atom. The molecule has 8 heteroatoms. The van der Waals surface area contributed by atoms with Gasteiger partial charge in [-0.15, -0.1) is 0 Å². The summed E-state index contributed by atoms with van der Waals surface area (Å²) in [4.78, 5) is 0. The molecule has 20 heavy (non-hydrogen) atoms. The average molecular weight is 312 g/mol. The lowest BCUT2D eigenvalue weighted by atomic mass is 10.1. The fourth-order valence-corrected chi connectivity index (χ4v) is 5.40. The van der Waals surface area contributed by atoms with Crippen LogP contribution in [-0.2, 0) is 0 Å². The SMILES string of the molecule is OCC(O)C(O)CCC(O)CP1CC(O)C(O)C1CO. The van der Waals surface area contributed by atoms with Crippen molar-refractivity contribution in [1.82, 2.24) is 0 Å². The Balaban J connectivity index is 2.37. The average Bonchev–Trinajstić information content (AvgIpc) is 2.69. The number of rotatable bonds is 8. The van der Waals surface area contributed by atoms with Crippen molar-refractivity contribution in [2.75, 3.05) is 25.5 Å². The molecular weight excluding hydrogens is 287 g/mol. The van der Waals surface area contributed by atoms with Crippen LogP contribution >= 0.6 is 7.92 Å². The van der Waals surface area contributed by atoms with Crippen molar-refractivity contribution in [3.05, 3.63) is 0 Å². The largest absolute Gasteiger partial charge is 0.396 e. The Kier molecular flexibility index (Phi) is 7.79. The van der Waals surface area contributed by atoms with E-state index in [9.17, 15) is 30.6 Å². The molecule has 1 rings (SSSR count). The van der Waals surface area contributed by atoms with Gasteiger partial charge in [0, 0.05) is 5.66 Å². The highest BCUT2D eigenvalue weighted by atomic mass is 31.1. The van der Waals surface area contributed by atoms with E-state index >= 15 is 0 Å². The van der Waals surface area contributed by atoms with Gasteiger partial charge in [-0.1, -0.05) is 7.92 Å². The molecule has 1 heterocycles. The van der Waals surface area contributed by atoms with Gasteiger partial charge in [0.05, 0.1) is 37.6 Å². The zero-order chi connectivity index (χ0) is 15.3. The highest BCUT2D eigenvalue weighted by Gasteiger charge is 2.41. The van der Waals surface area contributed by atoms with Crippen molar-refractivity contribution >= 4 is 7.92 Å². The summed E-state index contributed by atoms with van der Waals surface area (Å²) in [5, 5.41) is 65.7. The van der Waals surface area contributed by atoms with Crippen LogP contribution in [0, 0.1) is 0 Å². The maximum absolute atomic E-state index is 9.91. The van der Waals surface area contributed by atoms with Gasteiger partial charge in [0.2, 0.25) is 0 Å². The van der Waals surface area contributed by atoms with Crippen molar-refractivity contribution < 1.29 is 35.7 Å². The van der Waals surface area contributed by atoms with E-state index < -0.39 is 45.0 Å². The van der Waals surface area contributed by atoms with E-state index in [1.54, 1.807) is 0 Å². The Hall–Kier alpha value is 0.150. The molecule has 0 spiro atoms. The van der Waals surface area contributed by atoms with E-state index in [4.69, 9.17) is 5.11 Å². The lowest BCUT2D eigenvalue weighted by molar-refractivity contribution is -0.0225. The summed E-state index contributed by atoms with van der Waals surface area (Å²) in [7, 11) is -0.870. The second kappa shape index (κ2) is 8.56. The molecule has 7 nitrogen and oxygen atoms in total.